The van der Waals surface area contributed by atoms with Crippen LogP contribution in [-0.2, 0) is 0 Å². The molecule has 0 amide bonds. The summed E-state index contributed by atoms with van der Waals surface area (Å²) in [7, 11) is 0. The fraction of sp³-hybridized carbons (Fsp3) is 0. The molecule has 7 heteroatoms. The SMILES string of the molecule is O=C(c1ccccc1Cl)c1sc2cc(O)ccc2c1-c1ccc(-c2nc(O)cs2)cc1. The number of aromatic nitrogens is 1. The second-order valence-electron chi connectivity index (χ2n) is 6.88. The molecule has 31 heavy (non-hydrogen) atoms. The highest BCUT2D eigenvalue weighted by molar-refractivity contribution is 7.21. The Morgan fingerprint density at radius 1 is 0.935 bits per heavy atom. The number of benzene rings is 3. The van der Waals surface area contributed by atoms with Gasteiger partial charge in [0.25, 0.3) is 0 Å². The van der Waals surface area contributed by atoms with Crippen LogP contribution in [0.1, 0.15) is 15.2 Å². The summed E-state index contributed by atoms with van der Waals surface area (Å²) < 4.78 is 0.819. The van der Waals surface area contributed by atoms with E-state index in [1.165, 1.54) is 22.7 Å². The molecule has 5 rings (SSSR count). The Labute approximate surface area is 190 Å². The lowest BCUT2D eigenvalue weighted by Gasteiger charge is -2.07. The van der Waals surface area contributed by atoms with Crippen molar-refractivity contribution >= 4 is 50.1 Å². The van der Waals surface area contributed by atoms with E-state index in [-0.39, 0.29) is 17.4 Å². The third-order valence-corrected chi connectivity index (χ3v) is 7.27. The number of nitrogens with zero attached hydrogens (tertiary/aromatic N) is 1. The largest absolute Gasteiger partial charge is 0.508 e. The van der Waals surface area contributed by atoms with Gasteiger partial charge in [0.2, 0.25) is 11.7 Å². The predicted octanol–water partition coefficient (Wildman–Crippen LogP) is 6.99. The molecule has 152 valence electrons. The van der Waals surface area contributed by atoms with E-state index >= 15 is 0 Å². The fourth-order valence-corrected chi connectivity index (χ4v) is 5.60. The maximum Gasteiger partial charge on any atom is 0.222 e. The third kappa shape index (κ3) is 3.59. The number of fused-ring (bicyclic) bond motifs is 1. The van der Waals surface area contributed by atoms with Crippen molar-refractivity contribution in [1.82, 2.24) is 4.98 Å². The Hall–Kier alpha value is -3.19. The molecule has 0 aliphatic heterocycles. The lowest BCUT2D eigenvalue weighted by Crippen LogP contribution is -2.01. The van der Waals surface area contributed by atoms with Crippen LogP contribution in [0.4, 0.5) is 0 Å². The minimum absolute atomic E-state index is 0.000311. The molecule has 2 aromatic heterocycles. The van der Waals surface area contributed by atoms with Gasteiger partial charge >= 0.3 is 0 Å². The highest BCUT2D eigenvalue weighted by atomic mass is 35.5. The Kier molecular flexibility index (Phi) is 4.98. The second kappa shape index (κ2) is 7.81. The first-order chi connectivity index (χ1) is 15.0. The van der Waals surface area contributed by atoms with Gasteiger partial charge in [0.15, 0.2) is 0 Å². The smallest absolute Gasteiger partial charge is 0.222 e. The van der Waals surface area contributed by atoms with E-state index in [0.717, 1.165) is 31.8 Å². The van der Waals surface area contributed by atoms with Gasteiger partial charge in [-0.3, -0.25) is 4.79 Å². The summed E-state index contributed by atoms with van der Waals surface area (Å²) in [6, 6.07) is 19.8. The van der Waals surface area contributed by atoms with Crippen LogP contribution >= 0.6 is 34.3 Å². The number of phenols is 1. The maximum atomic E-state index is 13.4. The average molecular weight is 464 g/mol. The van der Waals surface area contributed by atoms with E-state index in [1.807, 2.05) is 30.3 Å². The quantitative estimate of drug-likeness (QED) is 0.282. The van der Waals surface area contributed by atoms with Crippen molar-refractivity contribution in [3.05, 3.63) is 87.6 Å². The van der Waals surface area contributed by atoms with Gasteiger partial charge < -0.3 is 10.2 Å². The summed E-state index contributed by atoms with van der Waals surface area (Å²) in [5.74, 6) is -0.00786. The Bertz CT molecular complexity index is 1440. The van der Waals surface area contributed by atoms with Crippen LogP contribution in [0.25, 0.3) is 31.8 Å². The van der Waals surface area contributed by atoms with E-state index in [0.29, 0.717) is 15.5 Å². The van der Waals surface area contributed by atoms with Crippen LogP contribution in [0.2, 0.25) is 5.02 Å². The molecular formula is C24H14ClNO3S2. The zero-order chi connectivity index (χ0) is 21.5. The minimum atomic E-state index is -0.157. The van der Waals surface area contributed by atoms with Gasteiger partial charge in [-0.2, -0.15) is 0 Å². The Morgan fingerprint density at radius 3 is 2.39 bits per heavy atom. The number of thiophene rings is 1. The molecule has 0 fully saturated rings. The van der Waals surface area contributed by atoms with Gasteiger partial charge in [0.1, 0.15) is 10.8 Å². The van der Waals surface area contributed by atoms with Crippen molar-refractivity contribution in [2.75, 3.05) is 0 Å². The van der Waals surface area contributed by atoms with Crippen LogP contribution in [0.3, 0.4) is 0 Å². The molecule has 0 atom stereocenters. The van der Waals surface area contributed by atoms with Crippen molar-refractivity contribution in [1.29, 1.82) is 0 Å². The van der Waals surface area contributed by atoms with Gasteiger partial charge in [0.05, 0.1) is 15.3 Å². The van der Waals surface area contributed by atoms with Crippen molar-refractivity contribution in [2.24, 2.45) is 0 Å². The second-order valence-corrected chi connectivity index (χ2v) is 9.20. The fourth-order valence-electron chi connectivity index (χ4n) is 3.48. The molecule has 0 aliphatic carbocycles. The number of halogens is 1. The summed E-state index contributed by atoms with van der Waals surface area (Å²) >= 11 is 9.00. The first-order valence-corrected chi connectivity index (χ1v) is 11.4. The summed E-state index contributed by atoms with van der Waals surface area (Å²) in [6.07, 6.45) is 0. The van der Waals surface area contributed by atoms with Crippen molar-refractivity contribution in [2.45, 2.75) is 0 Å². The molecule has 0 saturated heterocycles. The number of carbonyl (C=O) groups excluding carboxylic acids is 1. The lowest BCUT2D eigenvalue weighted by molar-refractivity contribution is 0.104. The van der Waals surface area contributed by atoms with Crippen molar-refractivity contribution in [3.63, 3.8) is 0 Å². The Morgan fingerprint density at radius 2 is 1.68 bits per heavy atom. The Balaban J connectivity index is 1.68. The van der Waals surface area contributed by atoms with Crippen LogP contribution in [0.15, 0.2) is 72.1 Å². The molecule has 5 aromatic rings. The molecule has 0 radical (unpaired) electrons. The molecule has 0 saturated carbocycles. The molecule has 2 heterocycles. The van der Waals surface area contributed by atoms with Crippen molar-refractivity contribution in [3.8, 4) is 33.3 Å². The first kappa shape index (κ1) is 19.8. The molecule has 3 aromatic carbocycles. The number of carbonyl (C=O) groups is 1. The maximum absolute atomic E-state index is 13.4. The highest BCUT2D eigenvalue weighted by Gasteiger charge is 2.23. The topological polar surface area (TPSA) is 70.4 Å². The van der Waals surface area contributed by atoms with Gasteiger partial charge in [-0.05, 0) is 35.9 Å². The lowest BCUT2D eigenvalue weighted by atomic mass is 9.97. The molecule has 0 aliphatic rings. The summed E-state index contributed by atoms with van der Waals surface area (Å²) in [5, 5.41) is 23.1. The van der Waals surface area contributed by atoms with Gasteiger partial charge in [-0.25, -0.2) is 4.98 Å². The zero-order valence-electron chi connectivity index (χ0n) is 15.9. The number of rotatable bonds is 4. The summed E-state index contributed by atoms with van der Waals surface area (Å²) in [5.41, 5.74) is 3.00. The predicted molar refractivity (Wildman–Crippen MR) is 127 cm³/mol. The van der Waals surface area contributed by atoms with E-state index in [2.05, 4.69) is 4.98 Å². The van der Waals surface area contributed by atoms with Gasteiger partial charge in [-0.15, -0.1) is 22.7 Å². The minimum Gasteiger partial charge on any atom is -0.508 e. The molecule has 0 bridgehead atoms. The molecule has 4 nitrogen and oxygen atoms in total. The van der Waals surface area contributed by atoms with Crippen LogP contribution < -0.4 is 0 Å². The number of hydrogen-bond donors (Lipinski definition) is 2. The number of aromatic hydroxyl groups is 2. The normalized spacial score (nSPS) is 11.1. The molecule has 0 unspecified atom stereocenters. The standard InChI is InChI=1S/C24H14ClNO3S2/c25-18-4-2-1-3-16(18)22(29)23-21(17-10-9-15(27)11-19(17)31-23)13-5-7-14(8-6-13)24-26-20(28)12-30-24/h1-12,27-28H. The van der Waals surface area contributed by atoms with E-state index < -0.39 is 0 Å². The summed E-state index contributed by atoms with van der Waals surface area (Å²) in [6.45, 7) is 0. The summed E-state index contributed by atoms with van der Waals surface area (Å²) in [4.78, 5) is 18.1. The van der Waals surface area contributed by atoms with Gasteiger partial charge in [-0.1, -0.05) is 48.0 Å². The molecular weight excluding hydrogens is 450 g/mol. The number of hydrogen-bond acceptors (Lipinski definition) is 6. The highest BCUT2D eigenvalue weighted by Crippen LogP contribution is 2.42. The van der Waals surface area contributed by atoms with E-state index in [1.54, 1.807) is 41.8 Å². The van der Waals surface area contributed by atoms with E-state index in [9.17, 15) is 15.0 Å². The van der Waals surface area contributed by atoms with E-state index in [4.69, 9.17) is 11.6 Å². The van der Waals surface area contributed by atoms with Crippen LogP contribution in [0.5, 0.6) is 11.6 Å². The van der Waals surface area contributed by atoms with Crippen LogP contribution in [-0.4, -0.2) is 21.0 Å². The number of thiazole rings is 1. The van der Waals surface area contributed by atoms with Gasteiger partial charge in [0, 0.05) is 26.8 Å². The molecule has 0 spiro atoms. The number of phenolic OH excluding ortho intramolecular Hbond substituents is 1. The number of ketones is 1. The average Bonchev–Trinajstić information content (AvgIpc) is 3.37. The van der Waals surface area contributed by atoms with Crippen molar-refractivity contribution < 1.29 is 15.0 Å². The first-order valence-electron chi connectivity index (χ1n) is 9.31. The zero-order valence-corrected chi connectivity index (χ0v) is 18.3. The molecule has 2 N–H and O–H groups in total. The monoisotopic (exact) mass is 463 g/mol. The van der Waals surface area contributed by atoms with Crippen LogP contribution in [0, 0.1) is 0 Å². The third-order valence-electron chi connectivity index (χ3n) is 4.91.